The lowest BCUT2D eigenvalue weighted by Gasteiger charge is -2.25. The second kappa shape index (κ2) is 8.75. The molecule has 0 saturated carbocycles. The molecule has 0 saturated heterocycles. The topological polar surface area (TPSA) is 75.8 Å². The van der Waals surface area contributed by atoms with E-state index in [-0.39, 0.29) is 37.4 Å². The second-order valence-electron chi connectivity index (χ2n) is 4.10. The summed E-state index contributed by atoms with van der Waals surface area (Å²) in [5, 5.41) is 9.43. The molecule has 16 heavy (non-hydrogen) atoms. The van der Waals surface area contributed by atoms with Crippen LogP contribution in [0.3, 0.4) is 0 Å². The number of likely N-dealkylation sites (N-methyl/N-ethyl adjacent to an activating group) is 1. The van der Waals surface area contributed by atoms with Crippen molar-refractivity contribution in [2.24, 2.45) is 11.7 Å². The first-order chi connectivity index (χ1) is 6.90. The van der Waals surface area contributed by atoms with Gasteiger partial charge in [0.1, 0.15) is 0 Å². The van der Waals surface area contributed by atoms with Crippen LogP contribution in [0.15, 0.2) is 0 Å². The molecule has 0 spiro atoms. The number of rotatable bonds is 6. The van der Waals surface area contributed by atoms with Crippen LogP contribution >= 0.6 is 12.4 Å². The van der Waals surface area contributed by atoms with Crippen LogP contribution in [0.25, 0.3) is 0 Å². The molecule has 0 aliphatic heterocycles. The van der Waals surface area contributed by atoms with Gasteiger partial charge < -0.3 is 20.5 Å². The number of amides is 1. The zero-order valence-electron chi connectivity index (χ0n) is 10.3. The predicted octanol–water partition coefficient (Wildman–Crippen LogP) is -0.143. The molecule has 0 aliphatic carbocycles. The van der Waals surface area contributed by atoms with Crippen LogP contribution in [0.4, 0.5) is 0 Å². The largest absolute Gasteiger partial charge is 0.389 e. The standard InChI is InChI=1S/C10H22N2O3.ClH/c1-7(2)9(11)10(14)12(3)5-8(13)6-15-4;/h7-9,13H,5-6,11H2,1-4H3;1H/t8?,9-;/m0./s1. The molecule has 0 rings (SSSR count). The number of aliphatic hydroxyl groups excluding tert-OH is 1. The average Bonchev–Trinajstić information content (AvgIpc) is 2.15. The average molecular weight is 255 g/mol. The molecule has 98 valence electrons. The maximum Gasteiger partial charge on any atom is 0.239 e. The molecular formula is C10H23ClN2O3. The summed E-state index contributed by atoms with van der Waals surface area (Å²) in [7, 11) is 3.13. The fourth-order valence-corrected chi connectivity index (χ4v) is 1.19. The molecule has 0 bridgehead atoms. The molecule has 0 heterocycles. The number of ether oxygens (including phenoxy) is 1. The smallest absolute Gasteiger partial charge is 0.239 e. The van der Waals surface area contributed by atoms with E-state index >= 15 is 0 Å². The molecule has 0 fully saturated rings. The first kappa shape index (κ1) is 18.0. The van der Waals surface area contributed by atoms with Crippen molar-refractivity contribution < 1.29 is 14.6 Å². The lowest BCUT2D eigenvalue weighted by molar-refractivity contribution is -0.133. The molecule has 0 aromatic heterocycles. The van der Waals surface area contributed by atoms with Crippen LogP contribution in [0.2, 0.25) is 0 Å². The lowest BCUT2D eigenvalue weighted by atomic mass is 10.0. The van der Waals surface area contributed by atoms with Crippen molar-refractivity contribution in [3.8, 4) is 0 Å². The maximum atomic E-state index is 11.7. The highest BCUT2D eigenvalue weighted by molar-refractivity contribution is 5.85. The summed E-state index contributed by atoms with van der Waals surface area (Å²) in [6.45, 7) is 4.24. The number of carbonyl (C=O) groups excluding carboxylic acids is 1. The maximum absolute atomic E-state index is 11.7. The number of nitrogens with zero attached hydrogens (tertiary/aromatic N) is 1. The summed E-state index contributed by atoms with van der Waals surface area (Å²) in [6.07, 6.45) is -0.664. The summed E-state index contributed by atoms with van der Waals surface area (Å²) in [4.78, 5) is 13.1. The van der Waals surface area contributed by atoms with Gasteiger partial charge >= 0.3 is 0 Å². The predicted molar refractivity (Wildman–Crippen MR) is 65.6 cm³/mol. The van der Waals surface area contributed by atoms with Gasteiger partial charge in [-0.05, 0) is 5.92 Å². The fourth-order valence-electron chi connectivity index (χ4n) is 1.19. The highest BCUT2D eigenvalue weighted by Crippen LogP contribution is 2.02. The molecule has 0 radical (unpaired) electrons. The molecule has 0 aromatic carbocycles. The van der Waals surface area contributed by atoms with Crippen molar-refractivity contribution >= 4 is 18.3 Å². The Kier molecular flexibility index (Phi) is 9.86. The zero-order chi connectivity index (χ0) is 12.0. The van der Waals surface area contributed by atoms with Gasteiger partial charge in [0.2, 0.25) is 5.91 Å². The Labute approximate surface area is 103 Å². The van der Waals surface area contributed by atoms with Crippen LogP contribution in [0.5, 0.6) is 0 Å². The van der Waals surface area contributed by atoms with Crippen LogP contribution in [0, 0.1) is 5.92 Å². The number of halogens is 1. The fraction of sp³-hybridized carbons (Fsp3) is 0.900. The van der Waals surface area contributed by atoms with E-state index < -0.39 is 12.1 Å². The van der Waals surface area contributed by atoms with Crippen molar-refractivity contribution in [3.05, 3.63) is 0 Å². The van der Waals surface area contributed by atoms with E-state index in [0.717, 1.165) is 0 Å². The first-order valence-electron chi connectivity index (χ1n) is 5.07. The van der Waals surface area contributed by atoms with Crippen molar-refractivity contribution in [1.29, 1.82) is 0 Å². The number of aliphatic hydroxyl groups is 1. The minimum Gasteiger partial charge on any atom is -0.389 e. The van der Waals surface area contributed by atoms with Gasteiger partial charge in [0.15, 0.2) is 0 Å². The normalized spacial score (nSPS) is 14.2. The Morgan fingerprint density at radius 3 is 2.38 bits per heavy atom. The van der Waals surface area contributed by atoms with E-state index in [9.17, 15) is 9.90 Å². The zero-order valence-corrected chi connectivity index (χ0v) is 11.2. The first-order valence-corrected chi connectivity index (χ1v) is 5.07. The van der Waals surface area contributed by atoms with Gasteiger partial charge in [0, 0.05) is 20.7 Å². The molecule has 1 amide bonds. The molecule has 0 aromatic rings. The number of methoxy groups -OCH3 is 1. The van der Waals surface area contributed by atoms with Gasteiger partial charge in [-0.25, -0.2) is 0 Å². The van der Waals surface area contributed by atoms with Crippen LogP contribution in [-0.2, 0) is 9.53 Å². The minimum atomic E-state index is -0.664. The molecule has 3 N–H and O–H groups in total. The summed E-state index contributed by atoms with van der Waals surface area (Å²) in [5.74, 6) is -0.0559. The van der Waals surface area contributed by atoms with Crippen molar-refractivity contribution in [2.45, 2.75) is 26.0 Å². The number of carbonyl (C=O) groups is 1. The Bertz CT molecular complexity index is 203. The van der Waals surface area contributed by atoms with Crippen molar-refractivity contribution in [3.63, 3.8) is 0 Å². The van der Waals surface area contributed by atoms with Gasteiger partial charge in [-0.3, -0.25) is 4.79 Å². The Balaban J connectivity index is 0. The summed E-state index contributed by atoms with van der Waals surface area (Å²) >= 11 is 0. The molecule has 5 nitrogen and oxygen atoms in total. The van der Waals surface area contributed by atoms with Gasteiger partial charge in [0.25, 0.3) is 0 Å². The summed E-state index contributed by atoms with van der Waals surface area (Å²) < 4.78 is 4.77. The number of hydrogen-bond donors (Lipinski definition) is 2. The monoisotopic (exact) mass is 254 g/mol. The highest BCUT2D eigenvalue weighted by atomic mass is 35.5. The number of hydrogen-bond acceptors (Lipinski definition) is 4. The summed E-state index contributed by atoms with van der Waals surface area (Å²) in [6, 6.07) is -0.509. The second-order valence-corrected chi connectivity index (χ2v) is 4.10. The molecule has 6 heteroatoms. The Morgan fingerprint density at radius 1 is 1.50 bits per heavy atom. The van der Waals surface area contributed by atoms with E-state index in [2.05, 4.69) is 0 Å². The Hall–Kier alpha value is -0.360. The van der Waals surface area contributed by atoms with Gasteiger partial charge in [0.05, 0.1) is 18.8 Å². The Morgan fingerprint density at radius 2 is 2.00 bits per heavy atom. The molecule has 0 aliphatic rings. The van der Waals surface area contributed by atoms with Gasteiger partial charge in [-0.2, -0.15) is 0 Å². The van der Waals surface area contributed by atoms with E-state index in [4.69, 9.17) is 10.5 Å². The number of nitrogens with two attached hydrogens (primary N) is 1. The van der Waals surface area contributed by atoms with Crippen LogP contribution in [-0.4, -0.2) is 55.4 Å². The van der Waals surface area contributed by atoms with Gasteiger partial charge in [-0.1, -0.05) is 13.8 Å². The molecule has 2 atom stereocenters. The van der Waals surface area contributed by atoms with Crippen molar-refractivity contribution in [2.75, 3.05) is 27.3 Å². The quantitative estimate of drug-likeness (QED) is 0.692. The van der Waals surface area contributed by atoms with Crippen LogP contribution < -0.4 is 5.73 Å². The molecular weight excluding hydrogens is 232 g/mol. The van der Waals surface area contributed by atoms with Crippen molar-refractivity contribution in [1.82, 2.24) is 4.90 Å². The molecule has 1 unspecified atom stereocenters. The SMILES string of the molecule is COCC(O)CN(C)C(=O)[C@@H](N)C(C)C.Cl. The third-order valence-corrected chi connectivity index (χ3v) is 2.22. The van der Waals surface area contributed by atoms with E-state index in [0.29, 0.717) is 0 Å². The van der Waals surface area contributed by atoms with Crippen LogP contribution in [0.1, 0.15) is 13.8 Å². The third kappa shape index (κ3) is 6.27. The van der Waals surface area contributed by atoms with E-state index in [1.165, 1.54) is 12.0 Å². The summed E-state index contributed by atoms with van der Waals surface area (Å²) in [5.41, 5.74) is 5.71. The van der Waals surface area contributed by atoms with Gasteiger partial charge in [-0.15, -0.1) is 12.4 Å². The lowest BCUT2D eigenvalue weighted by Crippen LogP contribution is -2.47. The van der Waals surface area contributed by atoms with E-state index in [1.807, 2.05) is 13.8 Å². The highest BCUT2D eigenvalue weighted by Gasteiger charge is 2.22. The minimum absolute atomic E-state index is 0. The third-order valence-electron chi connectivity index (χ3n) is 2.22. The van der Waals surface area contributed by atoms with E-state index in [1.54, 1.807) is 7.05 Å².